The topological polar surface area (TPSA) is 50.4 Å². The van der Waals surface area contributed by atoms with E-state index in [-0.39, 0.29) is 12.4 Å². The number of imidazole rings is 1. The van der Waals surface area contributed by atoms with Crippen molar-refractivity contribution in [2.75, 3.05) is 0 Å². The van der Waals surface area contributed by atoms with Gasteiger partial charge in [-0.15, -0.1) is 0 Å². The minimum atomic E-state index is -0.295. The summed E-state index contributed by atoms with van der Waals surface area (Å²) in [7, 11) is 0. The Morgan fingerprint density at radius 2 is 2.00 bits per heavy atom. The molecule has 0 atom stereocenters. The molecule has 1 aliphatic heterocycles. The molecule has 0 radical (unpaired) electrons. The van der Waals surface area contributed by atoms with Gasteiger partial charge in [-0.25, -0.2) is 9.37 Å². The molecule has 2 aromatic carbocycles. The molecule has 0 amide bonds. The van der Waals surface area contributed by atoms with E-state index in [0.29, 0.717) is 23.5 Å². The van der Waals surface area contributed by atoms with Crippen LogP contribution in [-0.4, -0.2) is 20.4 Å². The van der Waals surface area contributed by atoms with Crippen molar-refractivity contribution >= 4 is 28.3 Å². The number of halogens is 2. The number of aliphatic imine (C=N–C) groups is 1. The minimum Gasteiger partial charge on any atom is -0.390 e. The number of fused-ring (bicyclic) bond motifs is 3. The number of aromatic nitrogens is 2. The first-order valence-electron chi connectivity index (χ1n) is 7.45. The molecule has 0 fully saturated rings. The van der Waals surface area contributed by atoms with Crippen LogP contribution in [0.3, 0.4) is 0 Å². The van der Waals surface area contributed by atoms with Crippen molar-refractivity contribution in [1.82, 2.24) is 9.55 Å². The highest BCUT2D eigenvalue weighted by Gasteiger charge is 2.22. The van der Waals surface area contributed by atoms with Gasteiger partial charge in [0.1, 0.15) is 11.6 Å². The van der Waals surface area contributed by atoms with Crippen LogP contribution in [0.1, 0.15) is 22.6 Å². The number of aliphatic hydroxyl groups is 1. The van der Waals surface area contributed by atoms with Crippen molar-refractivity contribution in [3.8, 4) is 5.69 Å². The zero-order valence-corrected chi connectivity index (χ0v) is 14.7. The van der Waals surface area contributed by atoms with Crippen LogP contribution < -0.4 is 0 Å². The molecule has 120 valence electrons. The Morgan fingerprint density at radius 1 is 1.17 bits per heavy atom. The fourth-order valence-electron chi connectivity index (χ4n) is 2.89. The van der Waals surface area contributed by atoms with Gasteiger partial charge < -0.3 is 9.67 Å². The van der Waals surface area contributed by atoms with E-state index in [1.807, 2.05) is 28.8 Å². The summed E-state index contributed by atoms with van der Waals surface area (Å²) in [6.07, 6.45) is 1.81. The molecule has 0 aliphatic carbocycles. The number of rotatable bonds is 2. The fourth-order valence-corrected chi connectivity index (χ4v) is 3.39. The monoisotopic (exact) mass is 433 g/mol. The molecule has 1 N–H and O–H groups in total. The van der Waals surface area contributed by atoms with E-state index in [1.54, 1.807) is 18.3 Å². The quantitative estimate of drug-likeness (QED) is 0.630. The molecule has 2 heterocycles. The van der Waals surface area contributed by atoms with E-state index in [2.05, 4.69) is 32.6 Å². The van der Waals surface area contributed by atoms with Gasteiger partial charge in [0.05, 0.1) is 30.2 Å². The Balaban J connectivity index is 1.98. The highest BCUT2D eigenvalue weighted by Crippen LogP contribution is 2.27. The average molecular weight is 433 g/mol. The van der Waals surface area contributed by atoms with Crippen molar-refractivity contribution in [1.29, 1.82) is 0 Å². The molecule has 0 saturated carbocycles. The van der Waals surface area contributed by atoms with E-state index in [4.69, 9.17) is 0 Å². The van der Waals surface area contributed by atoms with Crippen LogP contribution in [0.4, 0.5) is 4.39 Å². The summed E-state index contributed by atoms with van der Waals surface area (Å²) in [4.78, 5) is 9.05. The Bertz CT molecular complexity index is 965. The van der Waals surface area contributed by atoms with Gasteiger partial charge >= 0.3 is 0 Å². The third kappa shape index (κ3) is 2.55. The first-order valence-corrected chi connectivity index (χ1v) is 8.53. The molecule has 0 saturated heterocycles. The Hall–Kier alpha value is -2.06. The normalized spacial score (nSPS) is 13.0. The molecule has 0 bridgehead atoms. The Morgan fingerprint density at radius 3 is 2.79 bits per heavy atom. The number of hydrogen-bond acceptors (Lipinski definition) is 3. The predicted octanol–water partition coefficient (Wildman–Crippen LogP) is 3.46. The smallest absolute Gasteiger partial charge is 0.135 e. The number of benzene rings is 2. The highest BCUT2D eigenvalue weighted by molar-refractivity contribution is 14.1. The Kier molecular flexibility index (Phi) is 3.93. The molecule has 4 rings (SSSR count). The molecule has 4 nitrogen and oxygen atoms in total. The molecule has 1 aliphatic rings. The zero-order chi connectivity index (χ0) is 16.7. The summed E-state index contributed by atoms with van der Waals surface area (Å²) in [6, 6.07) is 12.6. The van der Waals surface area contributed by atoms with Gasteiger partial charge in [-0.1, -0.05) is 12.1 Å². The summed E-state index contributed by atoms with van der Waals surface area (Å²) in [5.74, 6) is 0.435. The van der Waals surface area contributed by atoms with Crippen LogP contribution in [-0.2, 0) is 13.2 Å². The van der Waals surface area contributed by atoms with Gasteiger partial charge in [-0.2, -0.15) is 0 Å². The maximum Gasteiger partial charge on any atom is 0.135 e. The van der Waals surface area contributed by atoms with E-state index in [0.717, 1.165) is 20.6 Å². The van der Waals surface area contributed by atoms with Crippen LogP contribution >= 0.6 is 22.6 Å². The first-order chi connectivity index (χ1) is 11.7. The first kappa shape index (κ1) is 15.5. The lowest BCUT2D eigenvalue weighted by Crippen LogP contribution is -2.09. The van der Waals surface area contributed by atoms with Crippen LogP contribution in [0.25, 0.3) is 5.69 Å². The van der Waals surface area contributed by atoms with Crippen LogP contribution in [0, 0.1) is 9.39 Å². The maximum atomic E-state index is 14.3. The SMILES string of the molecule is OCc1cn2c(n1)CN=C(c1ccccc1F)c1cc(I)ccc1-2. The summed E-state index contributed by atoms with van der Waals surface area (Å²) in [5, 5.41) is 9.35. The average Bonchev–Trinajstić information content (AvgIpc) is 2.94. The van der Waals surface area contributed by atoms with Crippen molar-refractivity contribution < 1.29 is 9.50 Å². The van der Waals surface area contributed by atoms with Crippen molar-refractivity contribution in [3.05, 3.63) is 80.7 Å². The summed E-state index contributed by atoms with van der Waals surface area (Å²) in [6.45, 7) is 0.207. The maximum absolute atomic E-state index is 14.3. The van der Waals surface area contributed by atoms with Crippen LogP contribution in [0.2, 0.25) is 0 Å². The molecular weight excluding hydrogens is 420 g/mol. The molecule has 24 heavy (non-hydrogen) atoms. The van der Waals surface area contributed by atoms with Crippen molar-refractivity contribution in [3.63, 3.8) is 0 Å². The van der Waals surface area contributed by atoms with E-state index in [9.17, 15) is 9.50 Å². The van der Waals surface area contributed by atoms with Crippen molar-refractivity contribution in [2.45, 2.75) is 13.2 Å². The van der Waals surface area contributed by atoms with E-state index >= 15 is 0 Å². The summed E-state index contributed by atoms with van der Waals surface area (Å²) >= 11 is 2.24. The van der Waals surface area contributed by atoms with Gasteiger partial charge in [-0.3, -0.25) is 4.99 Å². The standard InChI is InChI=1S/C18H13FIN3O/c19-15-4-2-1-3-13(15)18-14-7-11(20)5-6-16(14)23-9-12(10-24)22-17(23)8-21-18/h1-7,9,24H,8,10H2. The fraction of sp³-hybridized carbons (Fsp3) is 0.111. The van der Waals surface area contributed by atoms with Gasteiger partial charge in [0.15, 0.2) is 0 Å². The van der Waals surface area contributed by atoms with Crippen LogP contribution in [0.15, 0.2) is 53.7 Å². The van der Waals surface area contributed by atoms with Crippen LogP contribution in [0.5, 0.6) is 0 Å². The van der Waals surface area contributed by atoms with Gasteiger partial charge in [0.2, 0.25) is 0 Å². The number of nitrogens with zero attached hydrogens (tertiary/aromatic N) is 3. The second kappa shape index (κ2) is 6.10. The minimum absolute atomic E-state index is 0.121. The zero-order valence-electron chi connectivity index (χ0n) is 12.6. The van der Waals surface area contributed by atoms with E-state index in [1.165, 1.54) is 6.07 Å². The molecule has 6 heteroatoms. The van der Waals surface area contributed by atoms with Crippen molar-refractivity contribution in [2.24, 2.45) is 4.99 Å². The highest BCUT2D eigenvalue weighted by atomic mass is 127. The molecular formula is C18H13FIN3O. The van der Waals surface area contributed by atoms with E-state index < -0.39 is 0 Å². The number of hydrogen-bond donors (Lipinski definition) is 1. The lowest BCUT2D eigenvalue weighted by atomic mass is 10.00. The molecule has 0 unspecified atom stereocenters. The predicted molar refractivity (Wildman–Crippen MR) is 97.9 cm³/mol. The Labute approximate surface area is 151 Å². The van der Waals surface area contributed by atoms with Gasteiger partial charge in [0, 0.05) is 20.9 Å². The third-order valence-electron chi connectivity index (χ3n) is 3.97. The lowest BCUT2D eigenvalue weighted by molar-refractivity contribution is 0.277. The molecule has 0 spiro atoms. The lowest BCUT2D eigenvalue weighted by Gasteiger charge is -2.12. The second-order valence-corrected chi connectivity index (χ2v) is 6.73. The molecule has 3 aromatic rings. The van der Waals surface area contributed by atoms with Gasteiger partial charge in [0.25, 0.3) is 0 Å². The second-order valence-electron chi connectivity index (χ2n) is 5.48. The largest absolute Gasteiger partial charge is 0.390 e. The summed E-state index contributed by atoms with van der Waals surface area (Å²) < 4.78 is 17.3. The van der Waals surface area contributed by atoms with Gasteiger partial charge in [-0.05, 0) is 52.9 Å². The number of aliphatic hydroxyl groups excluding tert-OH is 1. The third-order valence-corrected chi connectivity index (χ3v) is 4.64. The molecule has 1 aromatic heterocycles. The summed E-state index contributed by atoms with van der Waals surface area (Å²) in [5.41, 5.74) is 3.44.